The summed E-state index contributed by atoms with van der Waals surface area (Å²) in [4.78, 5) is 11.7. The van der Waals surface area contributed by atoms with Crippen LogP contribution in [0.15, 0.2) is 24.3 Å². The summed E-state index contributed by atoms with van der Waals surface area (Å²) in [6, 6.07) is 5.77. The molecular weight excluding hydrogens is 195 g/mol. The van der Waals surface area contributed by atoms with Crippen molar-refractivity contribution < 1.29 is 9.18 Å². The molecular formula is C11H13FN2O. The quantitative estimate of drug-likeness (QED) is 0.758. The molecule has 0 bridgehead atoms. The Balaban J connectivity index is 1.98. The average molecular weight is 208 g/mol. The van der Waals surface area contributed by atoms with Crippen LogP contribution in [-0.2, 0) is 0 Å². The van der Waals surface area contributed by atoms with Crippen LogP contribution in [-0.4, -0.2) is 25.0 Å². The van der Waals surface area contributed by atoms with Crippen molar-refractivity contribution in [1.82, 2.24) is 10.6 Å². The summed E-state index contributed by atoms with van der Waals surface area (Å²) in [5, 5.41) is 6.05. The van der Waals surface area contributed by atoms with Crippen LogP contribution < -0.4 is 10.6 Å². The third kappa shape index (κ3) is 2.53. The first-order valence-corrected chi connectivity index (χ1v) is 5.03. The predicted molar refractivity (Wildman–Crippen MR) is 55.1 cm³/mol. The molecule has 0 saturated carbocycles. The summed E-state index contributed by atoms with van der Waals surface area (Å²) >= 11 is 0. The topological polar surface area (TPSA) is 41.1 Å². The van der Waals surface area contributed by atoms with Crippen LogP contribution in [0.3, 0.4) is 0 Å². The highest BCUT2D eigenvalue weighted by Gasteiger charge is 2.17. The van der Waals surface area contributed by atoms with Crippen molar-refractivity contribution in [3.8, 4) is 0 Å². The van der Waals surface area contributed by atoms with Crippen molar-refractivity contribution in [2.24, 2.45) is 0 Å². The first-order chi connectivity index (χ1) is 7.25. The van der Waals surface area contributed by atoms with Gasteiger partial charge in [-0.2, -0.15) is 0 Å². The molecule has 1 saturated heterocycles. The number of benzene rings is 1. The molecule has 1 aromatic carbocycles. The lowest BCUT2D eigenvalue weighted by Crippen LogP contribution is -2.36. The predicted octanol–water partition coefficient (Wildman–Crippen LogP) is 0.917. The van der Waals surface area contributed by atoms with E-state index in [0.29, 0.717) is 5.56 Å². The van der Waals surface area contributed by atoms with Gasteiger partial charge in [0, 0.05) is 18.2 Å². The fourth-order valence-corrected chi connectivity index (χ4v) is 1.65. The van der Waals surface area contributed by atoms with Gasteiger partial charge < -0.3 is 10.6 Å². The van der Waals surface area contributed by atoms with Crippen molar-refractivity contribution >= 4 is 5.91 Å². The van der Waals surface area contributed by atoms with Gasteiger partial charge in [0.25, 0.3) is 5.91 Å². The molecule has 2 rings (SSSR count). The highest BCUT2D eigenvalue weighted by atomic mass is 19.1. The summed E-state index contributed by atoms with van der Waals surface area (Å²) in [6.07, 6.45) is 0.951. The smallest absolute Gasteiger partial charge is 0.251 e. The zero-order chi connectivity index (χ0) is 10.7. The maximum absolute atomic E-state index is 12.6. The van der Waals surface area contributed by atoms with Crippen LogP contribution in [0.5, 0.6) is 0 Å². The zero-order valence-electron chi connectivity index (χ0n) is 8.29. The lowest BCUT2D eigenvalue weighted by Gasteiger charge is -2.10. The Kier molecular flexibility index (Phi) is 2.97. The van der Waals surface area contributed by atoms with E-state index >= 15 is 0 Å². The standard InChI is InChI=1S/C11H13FN2O/c12-9-3-1-8(2-4-9)11(15)14-10-5-6-13-7-10/h1-4,10,13H,5-7H2,(H,14,15)/t10-/m0/s1. The third-order valence-electron chi connectivity index (χ3n) is 2.50. The van der Waals surface area contributed by atoms with Gasteiger partial charge in [-0.25, -0.2) is 4.39 Å². The summed E-state index contributed by atoms with van der Waals surface area (Å²) in [7, 11) is 0. The van der Waals surface area contributed by atoms with Crippen molar-refractivity contribution in [1.29, 1.82) is 0 Å². The number of carbonyl (C=O) groups excluding carboxylic acids is 1. The molecule has 0 radical (unpaired) electrons. The number of carbonyl (C=O) groups is 1. The number of hydrogen-bond acceptors (Lipinski definition) is 2. The van der Waals surface area contributed by atoms with Gasteiger partial charge in [-0.3, -0.25) is 4.79 Å². The molecule has 2 N–H and O–H groups in total. The van der Waals surface area contributed by atoms with Crippen molar-refractivity contribution in [2.45, 2.75) is 12.5 Å². The highest BCUT2D eigenvalue weighted by Crippen LogP contribution is 2.04. The van der Waals surface area contributed by atoms with E-state index in [1.54, 1.807) is 0 Å². The summed E-state index contributed by atoms with van der Waals surface area (Å²) in [5.74, 6) is -0.460. The lowest BCUT2D eigenvalue weighted by molar-refractivity contribution is 0.0940. The second-order valence-electron chi connectivity index (χ2n) is 3.67. The Morgan fingerprint density at radius 3 is 2.73 bits per heavy atom. The fourth-order valence-electron chi connectivity index (χ4n) is 1.65. The van der Waals surface area contributed by atoms with Gasteiger partial charge in [-0.1, -0.05) is 0 Å². The molecule has 0 spiro atoms. The van der Waals surface area contributed by atoms with Crippen LogP contribution in [0.4, 0.5) is 4.39 Å². The number of nitrogens with one attached hydrogen (secondary N) is 2. The van der Waals surface area contributed by atoms with Gasteiger partial charge in [0.05, 0.1) is 0 Å². The van der Waals surface area contributed by atoms with Gasteiger partial charge in [0.15, 0.2) is 0 Å². The van der Waals surface area contributed by atoms with Crippen molar-refractivity contribution in [3.63, 3.8) is 0 Å². The van der Waals surface area contributed by atoms with E-state index in [-0.39, 0.29) is 17.8 Å². The molecule has 0 unspecified atom stereocenters. The largest absolute Gasteiger partial charge is 0.348 e. The SMILES string of the molecule is O=C(N[C@H]1CCNC1)c1ccc(F)cc1. The second kappa shape index (κ2) is 4.40. The molecule has 1 fully saturated rings. The Bertz CT molecular complexity index is 344. The maximum Gasteiger partial charge on any atom is 0.251 e. The number of halogens is 1. The molecule has 80 valence electrons. The van der Waals surface area contributed by atoms with E-state index in [9.17, 15) is 9.18 Å². The van der Waals surface area contributed by atoms with E-state index in [1.165, 1.54) is 24.3 Å². The molecule has 1 aliphatic rings. The second-order valence-corrected chi connectivity index (χ2v) is 3.67. The highest BCUT2D eigenvalue weighted by molar-refractivity contribution is 5.94. The molecule has 15 heavy (non-hydrogen) atoms. The van der Waals surface area contributed by atoms with Gasteiger partial charge in [-0.15, -0.1) is 0 Å². The van der Waals surface area contributed by atoms with Gasteiger partial charge in [0.1, 0.15) is 5.82 Å². The van der Waals surface area contributed by atoms with Crippen molar-refractivity contribution in [3.05, 3.63) is 35.6 Å². The van der Waals surface area contributed by atoms with Gasteiger partial charge in [0.2, 0.25) is 0 Å². The third-order valence-corrected chi connectivity index (χ3v) is 2.50. The first kappa shape index (κ1) is 10.1. The molecule has 1 atom stereocenters. The van der Waals surface area contributed by atoms with E-state index in [4.69, 9.17) is 0 Å². The van der Waals surface area contributed by atoms with Crippen LogP contribution >= 0.6 is 0 Å². The summed E-state index contributed by atoms with van der Waals surface area (Å²) in [6.45, 7) is 1.75. The molecule has 1 heterocycles. The fraction of sp³-hybridized carbons (Fsp3) is 0.364. The zero-order valence-corrected chi connectivity index (χ0v) is 8.29. The van der Waals surface area contributed by atoms with Gasteiger partial charge >= 0.3 is 0 Å². The van der Waals surface area contributed by atoms with E-state index in [2.05, 4.69) is 10.6 Å². The Hall–Kier alpha value is -1.42. The Morgan fingerprint density at radius 2 is 2.13 bits per heavy atom. The maximum atomic E-state index is 12.6. The van der Waals surface area contributed by atoms with Crippen LogP contribution in [0.2, 0.25) is 0 Å². The number of hydrogen-bond donors (Lipinski definition) is 2. The average Bonchev–Trinajstić information content (AvgIpc) is 2.71. The molecule has 1 amide bonds. The lowest BCUT2D eigenvalue weighted by atomic mass is 10.2. The molecule has 1 aliphatic heterocycles. The molecule has 0 aliphatic carbocycles. The monoisotopic (exact) mass is 208 g/mol. The number of rotatable bonds is 2. The minimum atomic E-state index is -0.325. The summed E-state index contributed by atoms with van der Waals surface area (Å²) < 4.78 is 12.6. The van der Waals surface area contributed by atoms with Crippen LogP contribution in [0.25, 0.3) is 0 Å². The van der Waals surface area contributed by atoms with E-state index in [1.807, 2.05) is 0 Å². The Labute approximate surface area is 87.7 Å². The van der Waals surface area contributed by atoms with Crippen LogP contribution in [0.1, 0.15) is 16.8 Å². The molecule has 0 aromatic heterocycles. The normalized spacial score (nSPS) is 20.2. The van der Waals surface area contributed by atoms with E-state index in [0.717, 1.165) is 19.5 Å². The van der Waals surface area contributed by atoms with Crippen molar-refractivity contribution in [2.75, 3.05) is 13.1 Å². The Morgan fingerprint density at radius 1 is 1.40 bits per heavy atom. The van der Waals surface area contributed by atoms with Crippen LogP contribution in [0, 0.1) is 5.82 Å². The van der Waals surface area contributed by atoms with E-state index < -0.39 is 0 Å². The minimum absolute atomic E-state index is 0.135. The summed E-state index contributed by atoms with van der Waals surface area (Å²) in [5.41, 5.74) is 0.503. The minimum Gasteiger partial charge on any atom is -0.348 e. The molecule has 3 nitrogen and oxygen atoms in total. The first-order valence-electron chi connectivity index (χ1n) is 5.03. The number of amides is 1. The molecule has 1 aromatic rings. The van der Waals surface area contributed by atoms with Gasteiger partial charge in [-0.05, 0) is 37.2 Å². The molecule has 4 heteroatoms.